The monoisotopic (exact) mass is 440 g/mol. The second kappa shape index (κ2) is 28.4. The number of carbonyl (C=O) groups is 2. The van der Waals surface area contributed by atoms with Crippen LogP contribution in [0.5, 0.6) is 0 Å². The lowest BCUT2D eigenvalue weighted by Gasteiger charge is -2.02. The van der Waals surface area contributed by atoms with Crippen molar-refractivity contribution in [2.24, 2.45) is 0 Å². The van der Waals surface area contributed by atoms with Crippen molar-refractivity contribution in [1.82, 2.24) is 10.6 Å². The summed E-state index contributed by atoms with van der Waals surface area (Å²) in [5.74, 6) is 11.5. The summed E-state index contributed by atoms with van der Waals surface area (Å²) in [7, 11) is 0. The summed E-state index contributed by atoms with van der Waals surface area (Å²) < 4.78 is 0. The molecule has 4 nitrogen and oxygen atoms in total. The van der Waals surface area contributed by atoms with Crippen molar-refractivity contribution in [3.05, 3.63) is 13.2 Å². The molecule has 0 atom stereocenters. The van der Waals surface area contributed by atoms with E-state index in [1.165, 1.54) is 51.4 Å². The fourth-order valence-electron chi connectivity index (χ4n) is 3.06. The molecule has 0 unspecified atom stereocenters. The first-order chi connectivity index (χ1) is 15.7. The third kappa shape index (κ3) is 27.4. The summed E-state index contributed by atoms with van der Waals surface area (Å²) in [5, 5.41) is 5.38. The van der Waals surface area contributed by atoms with Gasteiger partial charge in [0.1, 0.15) is 0 Å². The average molecular weight is 441 g/mol. The van der Waals surface area contributed by atoms with Crippen molar-refractivity contribution in [3.8, 4) is 36.5 Å². The van der Waals surface area contributed by atoms with Crippen molar-refractivity contribution in [2.75, 3.05) is 13.1 Å². The highest BCUT2D eigenvalue weighted by Gasteiger charge is 2.00. The van der Waals surface area contributed by atoms with Gasteiger partial charge in [-0.25, -0.2) is 0 Å². The number of terminal acetylenes is 2. The maximum Gasteiger partial charge on any atom is 0.220 e. The van der Waals surface area contributed by atoms with E-state index in [0.717, 1.165) is 38.5 Å². The van der Waals surface area contributed by atoms with Gasteiger partial charge in [0.15, 0.2) is 0 Å². The average Bonchev–Trinajstić information content (AvgIpc) is 2.81. The third-order valence-corrected chi connectivity index (χ3v) is 4.81. The van der Waals surface area contributed by atoms with Gasteiger partial charge in [-0.3, -0.25) is 9.59 Å². The smallest absolute Gasteiger partial charge is 0.220 e. The van der Waals surface area contributed by atoms with E-state index in [-0.39, 0.29) is 11.8 Å². The van der Waals surface area contributed by atoms with Gasteiger partial charge in [-0.2, -0.15) is 0 Å². The van der Waals surface area contributed by atoms with Gasteiger partial charge in [-0.1, -0.05) is 63.2 Å². The molecule has 0 aromatic heterocycles. The quantitative estimate of drug-likeness (QED) is 0.167. The molecular weight excluding hydrogens is 396 g/mol. The molecule has 0 rings (SSSR count). The maximum absolute atomic E-state index is 11.4. The minimum atomic E-state index is 0.0595. The Kier molecular flexibility index (Phi) is 28.0. The number of hydrogen-bond acceptors (Lipinski definition) is 2. The molecule has 0 saturated heterocycles. The highest BCUT2D eigenvalue weighted by molar-refractivity contribution is 5.76. The molecule has 0 heterocycles. The Morgan fingerprint density at radius 3 is 1.22 bits per heavy atom. The van der Waals surface area contributed by atoms with Crippen LogP contribution in [0.3, 0.4) is 0 Å². The van der Waals surface area contributed by atoms with Crippen LogP contribution in [0.1, 0.15) is 103 Å². The van der Waals surface area contributed by atoms with Gasteiger partial charge in [0.25, 0.3) is 0 Å². The minimum Gasteiger partial charge on any atom is -0.345 e. The maximum atomic E-state index is 11.4. The first-order valence-corrected chi connectivity index (χ1v) is 12.1. The molecule has 0 bridgehead atoms. The van der Waals surface area contributed by atoms with E-state index >= 15 is 0 Å². The summed E-state index contributed by atoms with van der Waals surface area (Å²) >= 11 is 0. The first kappa shape index (κ1) is 31.5. The van der Waals surface area contributed by atoms with Gasteiger partial charge in [0, 0.05) is 25.7 Å². The number of hydrogen-bond donors (Lipinski definition) is 2. The Labute approximate surface area is 197 Å². The molecule has 0 aliphatic rings. The molecular formula is C28H44N2O2. The molecule has 32 heavy (non-hydrogen) atoms. The predicted molar refractivity (Wildman–Crippen MR) is 137 cm³/mol. The normalized spacial score (nSPS) is 9.19. The zero-order chi connectivity index (χ0) is 24.1. The van der Waals surface area contributed by atoms with Crippen LogP contribution in [-0.4, -0.2) is 24.9 Å². The van der Waals surface area contributed by atoms with Gasteiger partial charge < -0.3 is 10.6 Å². The van der Waals surface area contributed by atoms with Crippen LogP contribution in [0.4, 0.5) is 0 Å². The number of carbonyl (C=O) groups excluding carboxylic acids is 2. The van der Waals surface area contributed by atoms with E-state index in [1.807, 2.05) is 0 Å². The molecule has 2 N–H and O–H groups in total. The van der Waals surface area contributed by atoms with E-state index in [1.54, 1.807) is 0 Å². The Hall–Kier alpha value is -2.64. The topological polar surface area (TPSA) is 58.2 Å². The van der Waals surface area contributed by atoms with E-state index in [2.05, 4.69) is 47.5 Å². The Morgan fingerprint density at radius 1 is 0.562 bits per heavy atom. The van der Waals surface area contributed by atoms with Crippen LogP contribution in [0, 0.1) is 36.5 Å². The van der Waals surface area contributed by atoms with Crippen LogP contribution < -0.4 is 10.6 Å². The second-order valence-corrected chi connectivity index (χ2v) is 7.56. The molecule has 0 aromatic rings. The lowest BCUT2D eigenvalue weighted by Crippen LogP contribution is -2.22. The predicted octanol–water partition coefficient (Wildman–Crippen LogP) is 5.53. The fourth-order valence-corrected chi connectivity index (χ4v) is 3.06. The summed E-state index contributed by atoms with van der Waals surface area (Å²) in [5.41, 5.74) is 0. The van der Waals surface area contributed by atoms with Gasteiger partial charge in [-0.15, -0.1) is 37.8 Å². The van der Waals surface area contributed by atoms with E-state index in [0.29, 0.717) is 25.9 Å². The summed E-state index contributed by atoms with van der Waals surface area (Å²) in [6.45, 7) is 6.66. The molecule has 0 spiro atoms. The fraction of sp³-hybridized carbons (Fsp3) is 0.643. The zero-order valence-corrected chi connectivity index (χ0v) is 20.1. The van der Waals surface area contributed by atoms with Crippen LogP contribution in [-0.2, 0) is 9.59 Å². The molecule has 0 aliphatic carbocycles. The molecule has 0 saturated carbocycles. The van der Waals surface area contributed by atoms with E-state index in [4.69, 9.17) is 12.8 Å². The summed E-state index contributed by atoms with van der Waals surface area (Å²) in [4.78, 5) is 22.7. The van der Waals surface area contributed by atoms with Crippen molar-refractivity contribution in [2.45, 2.75) is 103 Å². The van der Waals surface area contributed by atoms with Gasteiger partial charge in [0.2, 0.25) is 11.8 Å². The van der Waals surface area contributed by atoms with Crippen molar-refractivity contribution in [3.63, 3.8) is 0 Å². The van der Waals surface area contributed by atoms with Crippen molar-refractivity contribution < 1.29 is 9.59 Å². The van der Waals surface area contributed by atoms with Gasteiger partial charge in [0.05, 0.1) is 13.1 Å². The molecule has 178 valence electrons. The summed E-state index contributed by atoms with van der Waals surface area (Å²) in [6.07, 6.45) is 27.1. The van der Waals surface area contributed by atoms with E-state index < -0.39 is 0 Å². The lowest BCUT2D eigenvalue weighted by molar-refractivity contribution is -0.121. The van der Waals surface area contributed by atoms with Crippen LogP contribution >= 0.6 is 0 Å². The number of amides is 2. The summed E-state index contributed by atoms with van der Waals surface area (Å²) in [6, 6.07) is 0. The Bertz CT molecular complexity index is 552. The minimum absolute atomic E-state index is 0.0595. The zero-order valence-electron chi connectivity index (χ0n) is 20.1. The second-order valence-electron chi connectivity index (χ2n) is 7.56. The molecule has 0 radical (unpaired) electrons. The molecule has 4 heteroatoms. The first-order valence-electron chi connectivity index (χ1n) is 12.1. The van der Waals surface area contributed by atoms with Crippen LogP contribution in [0.25, 0.3) is 0 Å². The van der Waals surface area contributed by atoms with Gasteiger partial charge >= 0.3 is 0 Å². The third-order valence-electron chi connectivity index (χ3n) is 4.81. The standard InChI is InChI=1S/C26H40N2O2.C2H4/c1-3-23-27-25(29)21-19-17-15-13-11-9-7-5-6-8-10-12-14-16-18-20-22-26(30)28-24-4-2;1-2/h1-2H,7-24H2,(H,27,29)(H,28,30);1-2H2. The SMILES string of the molecule is C#CCNC(=O)CCCCCCCCC#CCCCCCCCCC(=O)NCC#C.C=C. The molecule has 0 fully saturated rings. The molecule has 0 aliphatic heterocycles. The highest BCUT2D eigenvalue weighted by Crippen LogP contribution is 2.09. The Morgan fingerprint density at radius 2 is 0.875 bits per heavy atom. The van der Waals surface area contributed by atoms with Crippen LogP contribution in [0.15, 0.2) is 13.2 Å². The lowest BCUT2D eigenvalue weighted by atomic mass is 10.1. The molecule has 0 aromatic carbocycles. The van der Waals surface area contributed by atoms with Crippen molar-refractivity contribution in [1.29, 1.82) is 0 Å². The number of rotatable bonds is 18. The van der Waals surface area contributed by atoms with Crippen molar-refractivity contribution >= 4 is 11.8 Å². The largest absolute Gasteiger partial charge is 0.345 e. The molecule has 2 amide bonds. The number of nitrogens with one attached hydrogen (secondary N) is 2. The Balaban J connectivity index is 0. The van der Waals surface area contributed by atoms with Gasteiger partial charge in [-0.05, 0) is 25.7 Å². The van der Waals surface area contributed by atoms with E-state index in [9.17, 15) is 9.59 Å². The number of unbranched alkanes of at least 4 members (excludes halogenated alkanes) is 12. The van der Waals surface area contributed by atoms with Crippen LogP contribution in [0.2, 0.25) is 0 Å². The highest BCUT2D eigenvalue weighted by atomic mass is 16.2.